The summed E-state index contributed by atoms with van der Waals surface area (Å²) in [5, 5.41) is 12.0. The molecular formula is C23H28N2O5S. The van der Waals surface area contributed by atoms with Crippen molar-refractivity contribution in [2.24, 2.45) is 5.92 Å². The van der Waals surface area contributed by atoms with Crippen molar-refractivity contribution in [3.8, 4) is 0 Å². The first-order valence-electron chi connectivity index (χ1n) is 10.4. The van der Waals surface area contributed by atoms with Crippen molar-refractivity contribution < 1.29 is 23.1 Å². The topological polar surface area (TPSA) is 104 Å². The highest BCUT2D eigenvalue weighted by Gasteiger charge is 2.28. The molecule has 31 heavy (non-hydrogen) atoms. The number of carbonyl (C=O) groups excluding carboxylic acids is 1. The largest absolute Gasteiger partial charge is 0.481 e. The van der Waals surface area contributed by atoms with E-state index in [1.54, 1.807) is 12.1 Å². The third-order valence-electron chi connectivity index (χ3n) is 5.66. The molecule has 0 aromatic heterocycles. The first-order chi connectivity index (χ1) is 14.7. The Morgan fingerprint density at radius 1 is 1.06 bits per heavy atom. The second kappa shape index (κ2) is 9.62. The smallest absolute Gasteiger partial charge is 0.305 e. The lowest BCUT2D eigenvalue weighted by atomic mass is 10.0. The number of hydrogen-bond acceptors (Lipinski definition) is 4. The van der Waals surface area contributed by atoms with E-state index in [0.29, 0.717) is 24.6 Å². The van der Waals surface area contributed by atoms with E-state index in [0.717, 1.165) is 18.4 Å². The lowest BCUT2D eigenvalue weighted by molar-refractivity contribution is -0.137. The number of carbonyl (C=O) groups is 2. The van der Waals surface area contributed by atoms with Crippen molar-refractivity contribution >= 4 is 21.9 Å². The molecule has 2 aromatic rings. The normalized spacial score (nSPS) is 16.6. The Morgan fingerprint density at radius 3 is 2.19 bits per heavy atom. The first kappa shape index (κ1) is 23.0. The monoisotopic (exact) mass is 444 g/mol. The van der Waals surface area contributed by atoms with Crippen LogP contribution in [0.2, 0.25) is 0 Å². The Labute approximate surface area is 183 Å². The predicted octanol–water partition coefficient (Wildman–Crippen LogP) is 3.36. The average molecular weight is 445 g/mol. The summed E-state index contributed by atoms with van der Waals surface area (Å²) < 4.78 is 27.2. The zero-order valence-corrected chi connectivity index (χ0v) is 18.6. The molecule has 1 aliphatic rings. The number of sulfonamides is 1. The number of nitrogens with zero attached hydrogens (tertiary/aromatic N) is 1. The number of aliphatic carboxylic acids is 1. The van der Waals surface area contributed by atoms with Crippen LogP contribution in [0.4, 0.5) is 0 Å². The van der Waals surface area contributed by atoms with Crippen LogP contribution in [0.3, 0.4) is 0 Å². The maximum atomic E-state index is 12.8. The number of aryl methyl sites for hydroxylation is 1. The molecule has 0 saturated carbocycles. The van der Waals surface area contributed by atoms with E-state index in [1.165, 1.54) is 28.6 Å². The molecule has 0 spiro atoms. The minimum absolute atomic E-state index is 0.152. The van der Waals surface area contributed by atoms with Gasteiger partial charge in [-0.3, -0.25) is 9.59 Å². The number of carboxylic acid groups (broad SMARTS) is 1. The molecule has 2 aromatic carbocycles. The van der Waals surface area contributed by atoms with Gasteiger partial charge in [0.25, 0.3) is 5.91 Å². The van der Waals surface area contributed by atoms with E-state index in [9.17, 15) is 23.1 Å². The van der Waals surface area contributed by atoms with Crippen molar-refractivity contribution in [1.29, 1.82) is 0 Å². The number of carboxylic acids is 1. The van der Waals surface area contributed by atoms with Crippen molar-refractivity contribution in [3.05, 3.63) is 65.2 Å². The molecule has 1 atom stereocenters. The highest BCUT2D eigenvalue weighted by atomic mass is 32.2. The molecule has 1 fully saturated rings. The van der Waals surface area contributed by atoms with Crippen molar-refractivity contribution in [2.45, 2.75) is 44.0 Å². The van der Waals surface area contributed by atoms with Crippen LogP contribution >= 0.6 is 0 Å². The fourth-order valence-corrected chi connectivity index (χ4v) is 5.09. The lowest BCUT2D eigenvalue weighted by Crippen LogP contribution is -2.37. The molecule has 1 heterocycles. The van der Waals surface area contributed by atoms with Crippen molar-refractivity contribution in [3.63, 3.8) is 0 Å². The van der Waals surface area contributed by atoms with E-state index in [2.05, 4.69) is 12.2 Å². The number of rotatable bonds is 7. The van der Waals surface area contributed by atoms with Crippen molar-refractivity contribution in [1.82, 2.24) is 9.62 Å². The van der Waals surface area contributed by atoms with Gasteiger partial charge in [-0.25, -0.2) is 8.42 Å². The molecule has 0 radical (unpaired) electrons. The predicted molar refractivity (Wildman–Crippen MR) is 117 cm³/mol. The van der Waals surface area contributed by atoms with Gasteiger partial charge in [-0.05, 0) is 55.5 Å². The minimum Gasteiger partial charge on any atom is -0.481 e. The molecule has 8 heteroatoms. The summed E-state index contributed by atoms with van der Waals surface area (Å²) in [5.41, 5.74) is 2.00. The van der Waals surface area contributed by atoms with Crippen LogP contribution in [0, 0.1) is 12.8 Å². The summed E-state index contributed by atoms with van der Waals surface area (Å²) in [6, 6.07) is 12.4. The summed E-state index contributed by atoms with van der Waals surface area (Å²) in [4.78, 5) is 24.1. The van der Waals surface area contributed by atoms with E-state index in [1.807, 2.05) is 19.1 Å². The Morgan fingerprint density at radius 2 is 1.65 bits per heavy atom. The second-order valence-electron chi connectivity index (χ2n) is 8.15. The van der Waals surface area contributed by atoms with E-state index in [4.69, 9.17) is 0 Å². The van der Waals surface area contributed by atoms with Crippen LogP contribution in [0.5, 0.6) is 0 Å². The minimum atomic E-state index is -3.59. The Kier molecular flexibility index (Phi) is 7.12. The Hall–Kier alpha value is -2.71. The average Bonchev–Trinajstić information content (AvgIpc) is 2.74. The molecule has 1 unspecified atom stereocenters. The summed E-state index contributed by atoms with van der Waals surface area (Å²) in [7, 11) is -3.59. The van der Waals surface area contributed by atoms with Gasteiger partial charge in [0, 0.05) is 18.7 Å². The zero-order valence-electron chi connectivity index (χ0n) is 17.7. The molecule has 0 bridgehead atoms. The quantitative estimate of drug-likeness (QED) is 0.682. The number of nitrogens with one attached hydrogen (secondary N) is 1. The van der Waals surface area contributed by atoms with Crippen LogP contribution in [-0.2, 0) is 14.8 Å². The van der Waals surface area contributed by atoms with E-state index in [-0.39, 0.29) is 16.9 Å². The van der Waals surface area contributed by atoms with Crippen LogP contribution < -0.4 is 5.32 Å². The van der Waals surface area contributed by atoms with Crippen LogP contribution in [0.25, 0.3) is 0 Å². The molecule has 3 rings (SSSR count). The number of benzene rings is 2. The fraction of sp³-hybridized carbons (Fsp3) is 0.391. The van der Waals surface area contributed by atoms with Gasteiger partial charge in [0.15, 0.2) is 0 Å². The molecular weight excluding hydrogens is 416 g/mol. The van der Waals surface area contributed by atoms with Gasteiger partial charge < -0.3 is 10.4 Å². The van der Waals surface area contributed by atoms with Crippen LogP contribution in [-0.4, -0.2) is 42.8 Å². The molecule has 1 saturated heterocycles. The summed E-state index contributed by atoms with van der Waals surface area (Å²) >= 11 is 0. The highest BCUT2D eigenvalue weighted by Crippen LogP contribution is 2.24. The van der Waals surface area contributed by atoms with Crippen LogP contribution in [0.15, 0.2) is 53.4 Å². The molecule has 166 valence electrons. The summed E-state index contributed by atoms with van der Waals surface area (Å²) in [5.74, 6) is -0.962. The second-order valence-corrected chi connectivity index (χ2v) is 10.1. The zero-order chi connectivity index (χ0) is 22.6. The number of hydrogen-bond donors (Lipinski definition) is 2. The highest BCUT2D eigenvalue weighted by molar-refractivity contribution is 7.89. The van der Waals surface area contributed by atoms with E-state index >= 15 is 0 Å². The SMILES string of the molecule is Cc1ccc(C(CC(=O)O)NC(=O)c2ccc(S(=O)(=O)N3CCC(C)CC3)cc2)cc1. The van der Waals surface area contributed by atoms with Crippen LogP contribution in [0.1, 0.15) is 53.7 Å². The molecule has 2 N–H and O–H groups in total. The third kappa shape index (κ3) is 5.71. The maximum Gasteiger partial charge on any atom is 0.305 e. The third-order valence-corrected chi connectivity index (χ3v) is 7.57. The number of amides is 1. The van der Waals surface area contributed by atoms with Gasteiger partial charge in [-0.2, -0.15) is 4.31 Å². The van der Waals surface area contributed by atoms with Crippen molar-refractivity contribution in [2.75, 3.05) is 13.1 Å². The first-order valence-corrected chi connectivity index (χ1v) is 11.8. The van der Waals surface area contributed by atoms with Gasteiger partial charge in [-0.15, -0.1) is 0 Å². The lowest BCUT2D eigenvalue weighted by Gasteiger charge is -2.29. The molecule has 1 aliphatic heterocycles. The maximum absolute atomic E-state index is 12.8. The van der Waals surface area contributed by atoms with Gasteiger partial charge >= 0.3 is 5.97 Å². The molecule has 0 aliphatic carbocycles. The Balaban J connectivity index is 1.74. The molecule has 1 amide bonds. The summed E-state index contributed by atoms with van der Waals surface area (Å²) in [6.45, 7) is 5.04. The number of piperidine rings is 1. The standard InChI is InChI=1S/C23H28N2O5S/c1-16-3-5-18(6-4-16)21(15-22(26)27)24-23(28)19-7-9-20(10-8-19)31(29,30)25-13-11-17(2)12-14-25/h3-10,17,21H,11-15H2,1-2H3,(H,24,28)(H,26,27). The van der Waals surface area contributed by atoms with Gasteiger partial charge in [0.1, 0.15) is 0 Å². The van der Waals surface area contributed by atoms with Gasteiger partial charge in [0.2, 0.25) is 10.0 Å². The fourth-order valence-electron chi connectivity index (χ4n) is 3.62. The van der Waals surface area contributed by atoms with Gasteiger partial charge in [-0.1, -0.05) is 36.8 Å². The Bertz CT molecular complexity index is 1020. The molecule has 7 nitrogen and oxygen atoms in total. The van der Waals surface area contributed by atoms with E-state index < -0.39 is 27.9 Å². The van der Waals surface area contributed by atoms with Gasteiger partial charge in [0.05, 0.1) is 17.4 Å². The summed E-state index contributed by atoms with van der Waals surface area (Å²) in [6.07, 6.45) is 1.42.